The highest BCUT2D eigenvalue weighted by atomic mass is 16.5. The zero-order chi connectivity index (χ0) is 18.9. The van der Waals surface area contributed by atoms with Crippen molar-refractivity contribution < 1.29 is 4.74 Å². The van der Waals surface area contributed by atoms with Crippen LogP contribution in [0.3, 0.4) is 0 Å². The van der Waals surface area contributed by atoms with Crippen molar-refractivity contribution in [2.24, 2.45) is 4.99 Å². The van der Waals surface area contributed by atoms with Crippen LogP contribution in [0.4, 0.5) is 0 Å². The smallest absolute Gasteiger partial charge is 0.191 e. The van der Waals surface area contributed by atoms with Gasteiger partial charge in [0.2, 0.25) is 0 Å². The number of aliphatic imine (C=N–C) groups is 1. The molecule has 2 N–H and O–H groups in total. The van der Waals surface area contributed by atoms with Gasteiger partial charge in [0.05, 0.1) is 6.54 Å². The number of ether oxygens (including phenoxy) is 1. The van der Waals surface area contributed by atoms with Crippen molar-refractivity contribution in [3.63, 3.8) is 0 Å². The van der Waals surface area contributed by atoms with Gasteiger partial charge in [-0.25, -0.2) is 0 Å². The molecule has 2 aromatic carbocycles. The molecule has 3 rings (SSSR count). The maximum Gasteiger partial charge on any atom is 0.191 e. The molecule has 5 nitrogen and oxygen atoms in total. The van der Waals surface area contributed by atoms with Crippen LogP contribution >= 0.6 is 0 Å². The van der Waals surface area contributed by atoms with Crippen LogP contribution in [0.25, 0.3) is 10.8 Å². The average molecular weight is 369 g/mol. The lowest BCUT2D eigenvalue weighted by atomic mass is 10.1. The maximum absolute atomic E-state index is 5.99. The van der Waals surface area contributed by atoms with Gasteiger partial charge in [0.15, 0.2) is 5.96 Å². The Hall–Kier alpha value is -2.27. The molecule has 1 aliphatic rings. The molecule has 0 spiro atoms. The van der Waals surface area contributed by atoms with E-state index in [2.05, 4.69) is 51.7 Å². The van der Waals surface area contributed by atoms with Crippen molar-refractivity contribution in [1.82, 2.24) is 15.5 Å². The largest absolute Gasteiger partial charge is 0.491 e. The molecule has 27 heavy (non-hydrogen) atoms. The van der Waals surface area contributed by atoms with E-state index in [0.29, 0.717) is 12.6 Å². The van der Waals surface area contributed by atoms with E-state index in [1.165, 1.54) is 44.3 Å². The molecule has 1 saturated heterocycles. The SMILES string of the molecule is CCCN1CCC(NC(=NC)NCCOc2cccc3ccccc23)CC1. The zero-order valence-corrected chi connectivity index (χ0v) is 16.6. The monoisotopic (exact) mass is 368 g/mol. The van der Waals surface area contributed by atoms with Crippen LogP contribution in [-0.2, 0) is 0 Å². The summed E-state index contributed by atoms with van der Waals surface area (Å²) < 4.78 is 5.99. The molecule has 0 bridgehead atoms. The van der Waals surface area contributed by atoms with Crippen molar-refractivity contribution >= 4 is 16.7 Å². The Morgan fingerprint density at radius 1 is 1.15 bits per heavy atom. The highest BCUT2D eigenvalue weighted by molar-refractivity contribution is 5.88. The van der Waals surface area contributed by atoms with Crippen LogP contribution in [0.2, 0.25) is 0 Å². The summed E-state index contributed by atoms with van der Waals surface area (Å²) in [5, 5.41) is 9.28. The molecule has 1 fully saturated rings. The predicted octanol–water partition coefficient (Wildman–Crippen LogP) is 3.26. The number of guanidine groups is 1. The summed E-state index contributed by atoms with van der Waals surface area (Å²) in [5.74, 6) is 1.80. The average Bonchev–Trinajstić information content (AvgIpc) is 2.72. The third kappa shape index (κ3) is 5.60. The number of piperidine rings is 1. The van der Waals surface area contributed by atoms with E-state index < -0.39 is 0 Å². The number of nitrogens with one attached hydrogen (secondary N) is 2. The fourth-order valence-electron chi connectivity index (χ4n) is 3.66. The molecule has 0 unspecified atom stereocenters. The summed E-state index contributed by atoms with van der Waals surface area (Å²) in [4.78, 5) is 6.91. The van der Waals surface area contributed by atoms with Gasteiger partial charge in [0, 0.05) is 31.6 Å². The van der Waals surface area contributed by atoms with Crippen LogP contribution < -0.4 is 15.4 Å². The molecular weight excluding hydrogens is 336 g/mol. The summed E-state index contributed by atoms with van der Waals surface area (Å²) in [6, 6.07) is 15.0. The second-order valence-corrected chi connectivity index (χ2v) is 7.08. The standard InChI is InChI=1S/C22H32N4O/c1-3-14-26-15-11-19(12-16-26)25-22(23-2)24-13-17-27-21-10-6-8-18-7-4-5-9-20(18)21/h4-10,19H,3,11-17H2,1-2H3,(H2,23,24,25). The van der Waals surface area contributed by atoms with Gasteiger partial charge in [0.25, 0.3) is 0 Å². The highest BCUT2D eigenvalue weighted by Crippen LogP contribution is 2.24. The Kier molecular flexibility index (Phi) is 7.34. The Morgan fingerprint density at radius 2 is 1.93 bits per heavy atom. The van der Waals surface area contributed by atoms with Crippen molar-refractivity contribution in [2.45, 2.75) is 32.2 Å². The van der Waals surface area contributed by atoms with E-state index in [4.69, 9.17) is 4.74 Å². The van der Waals surface area contributed by atoms with E-state index in [1.807, 2.05) is 25.2 Å². The van der Waals surface area contributed by atoms with E-state index >= 15 is 0 Å². The number of fused-ring (bicyclic) bond motifs is 1. The summed E-state index contributed by atoms with van der Waals surface area (Å²) in [6.07, 6.45) is 3.58. The van der Waals surface area contributed by atoms with Gasteiger partial charge in [-0.1, -0.05) is 43.3 Å². The Morgan fingerprint density at radius 3 is 2.70 bits per heavy atom. The first-order valence-corrected chi connectivity index (χ1v) is 10.1. The summed E-state index contributed by atoms with van der Waals surface area (Å²) in [5.41, 5.74) is 0. The van der Waals surface area contributed by atoms with E-state index in [1.54, 1.807) is 0 Å². The Bertz CT molecular complexity index is 733. The molecule has 0 radical (unpaired) electrons. The van der Waals surface area contributed by atoms with Gasteiger partial charge in [-0.2, -0.15) is 0 Å². The highest BCUT2D eigenvalue weighted by Gasteiger charge is 2.19. The first-order chi connectivity index (χ1) is 13.3. The number of benzene rings is 2. The maximum atomic E-state index is 5.99. The topological polar surface area (TPSA) is 48.9 Å². The molecule has 0 aromatic heterocycles. The number of nitrogens with zero attached hydrogens (tertiary/aromatic N) is 2. The Labute approximate surface area is 162 Å². The Balaban J connectivity index is 1.41. The fourth-order valence-corrected chi connectivity index (χ4v) is 3.66. The minimum atomic E-state index is 0.503. The lowest BCUT2D eigenvalue weighted by molar-refractivity contribution is 0.206. The van der Waals surface area contributed by atoms with Gasteiger partial charge in [-0.3, -0.25) is 4.99 Å². The lowest BCUT2D eigenvalue weighted by Crippen LogP contribution is -2.49. The normalized spacial score (nSPS) is 16.4. The summed E-state index contributed by atoms with van der Waals surface area (Å²) >= 11 is 0. The second-order valence-electron chi connectivity index (χ2n) is 7.08. The minimum Gasteiger partial charge on any atom is -0.491 e. The van der Waals surface area contributed by atoms with Crippen LogP contribution in [0, 0.1) is 0 Å². The number of hydrogen-bond acceptors (Lipinski definition) is 3. The number of likely N-dealkylation sites (tertiary alicyclic amines) is 1. The first kappa shape index (κ1) is 19.5. The molecule has 0 amide bonds. The van der Waals surface area contributed by atoms with Crippen LogP contribution in [0.5, 0.6) is 5.75 Å². The van der Waals surface area contributed by atoms with Gasteiger partial charge >= 0.3 is 0 Å². The summed E-state index contributed by atoms with van der Waals surface area (Å²) in [7, 11) is 1.83. The lowest BCUT2D eigenvalue weighted by Gasteiger charge is -2.32. The van der Waals surface area contributed by atoms with Gasteiger partial charge < -0.3 is 20.3 Å². The van der Waals surface area contributed by atoms with E-state index in [0.717, 1.165) is 23.6 Å². The van der Waals surface area contributed by atoms with E-state index in [-0.39, 0.29) is 0 Å². The van der Waals surface area contributed by atoms with E-state index in [9.17, 15) is 0 Å². The van der Waals surface area contributed by atoms with Gasteiger partial charge in [0.1, 0.15) is 12.4 Å². The fraction of sp³-hybridized carbons (Fsp3) is 0.500. The predicted molar refractivity (Wildman–Crippen MR) is 114 cm³/mol. The molecule has 0 atom stereocenters. The third-order valence-electron chi connectivity index (χ3n) is 5.09. The molecule has 2 aromatic rings. The third-order valence-corrected chi connectivity index (χ3v) is 5.09. The van der Waals surface area contributed by atoms with Crippen molar-refractivity contribution in [3.8, 4) is 5.75 Å². The van der Waals surface area contributed by atoms with Gasteiger partial charge in [-0.15, -0.1) is 0 Å². The molecule has 0 saturated carbocycles. The molecular formula is C22H32N4O. The summed E-state index contributed by atoms with van der Waals surface area (Å²) in [6.45, 7) is 7.13. The molecule has 0 aliphatic carbocycles. The minimum absolute atomic E-state index is 0.503. The van der Waals surface area contributed by atoms with Crippen LogP contribution in [-0.4, -0.2) is 56.7 Å². The molecule has 1 heterocycles. The second kappa shape index (κ2) is 10.2. The van der Waals surface area contributed by atoms with Crippen molar-refractivity contribution in [3.05, 3.63) is 42.5 Å². The molecule has 1 aliphatic heterocycles. The van der Waals surface area contributed by atoms with Gasteiger partial charge in [-0.05, 0) is 37.3 Å². The van der Waals surface area contributed by atoms with Crippen LogP contribution in [0.1, 0.15) is 26.2 Å². The number of rotatable bonds is 7. The number of hydrogen-bond donors (Lipinski definition) is 2. The molecule has 146 valence electrons. The van der Waals surface area contributed by atoms with Crippen molar-refractivity contribution in [1.29, 1.82) is 0 Å². The van der Waals surface area contributed by atoms with Crippen LogP contribution in [0.15, 0.2) is 47.5 Å². The zero-order valence-electron chi connectivity index (χ0n) is 16.6. The quantitative estimate of drug-likeness (QED) is 0.447. The molecule has 5 heteroatoms. The van der Waals surface area contributed by atoms with Crippen molar-refractivity contribution in [2.75, 3.05) is 39.8 Å². The first-order valence-electron chi connectivity index (χ1n) is 10.1.